The number of hydrogen-bond donors (Lipinski definition) is 0. The van der Waals surface area contributed by atoms with Crippen LogP contribution < -0.4 is 0 Å². The highest BCUT2D eigenvalue weighted by Gasteiger charge is 2.06. The van der Waals surface area contributed by atoms with Gasteiger partial charge in [-0.15, -0.1) is 11.3 Å². The Morgan fingerprint density at radius 1 is 1.57 bits per heavy atom. The lowest BCUT2D eigenvalue weighted by atomic mass is 10.0. The second-order valence-electron chi connectivity index (χ2n) is 3.88. The van der Waals surface area contributed by atoms with Gasteiger partial charge in [-0.25, -0.2) is 0 Å². The van der Waals surface area contributed by atoms with Gasteiger partial charge in [0.05, 0.1) is 0 Å². The van der Waals surface area contributed by atoms with Crippen LogP contribution in [0.3, 0.4) is 0 Å². The molecule has 0 unspecified atom stereocenters. The van der Waals surface area contributed by atoms with Gasteiger partial charge in [-0.1, -0.05) is 13.8 Å². The van der Waals surface area contributed by atoms with Crippen molar-refractivity contribution >= 4 is 33.0 Å². The summed E-state index contributed by atoms with van der Waals surface area (Å²) in [7, 11) is 0. The SMILES string of the molecule is CC(C)CCC(=O)Cc1cc(Br)cs1. The normalized spacial score (nSPS) is 10.9. The maximum atomic E-state index is 11.5. The van der Waals surface area contributed by atoms with E-state index in [-0.39, 0.29) is 0 Å². The van der Waals surface area contributed by atoms with Crippen LogP contribution in [0.15, 0.2) is 15.9 Å². The molecule has 0 bridgehead atoms. The Morgan fingerprint density at radius 2 is 2.29 bits per heavy atom. The lowest BCUT2D eigenvalue weighted by molar-refractivity contribution is -0.118. The first kappa shape index (κ1) is 11.9. The van der Waals surface area contributed by atoms with Crippen LogP contribution in [0.1, 0.15) is 31.6 Å². The van der Waals surface area contributed by atoms with E-state index in [9.17, 15) is 4.79 Å². The molecule has 0 aromatic carbocycles. The van der Waals surface area contributed by atoms with Gasteiger partial charge < -0.3 is 0 Å². The molecule has 14 heavy (non-hydrogen) atoms. The molecule has 1 aromatic rings. The van der Waals surface area contributed by atoms with Gasteiger partial charge in [0.1, 0.15) is 5.78 Å². The fourth-order valence-electron chi connectivity index (χ4n) is 1.18. The number of rotatable bonds is 5. The van der Waals surface area contributed by atoms with Crippen molar-refractivity contribution in [1.29, 1.82) is 0 Å². The van der Waals surface area contributed by atoms with Crippen molar-refractivity contribution in [2.24, 2.45) is 5.92 Å². The summed E-state index contributed by atoms with van der Waals surface area (Å²) >= 11 is 5.03. The van der Waals surface area contributed by atoms with E-state index >= 15 is 0 Å². The van der Waals surface area contributed by atoms with E-state index < -0.39 is 0 Å². The second-order valence-corrected chi connectivity index (χ2v) is 5.79. The van der Waals surface area contributed by atoms with Gasteiger partial charge in [-0.05, 0) is 34.3 Å². The molecule has 1 aromatic heterocycles. The van der Waals surface area contributed by atoms with Crippen molar-refractivity contribution in [3.8, 4) is 0 Å². The molecule has 0 N–H and O–H groups in total. The molecule has 1 nitrogen and oxygen atoms in total. The first-order valence-corrected chi connectivity index (χ1v) is 6.50. The van der Waals surface area contributed by atoms with Crippen molar-refractivity contribution in [3.63, 3.8) is 0 Å². The van der Waals surface area contributed by atoms with E-state index in [1.54, 1.807) is 11.3 Å². The van der Waals surface area contributed by atoms with E-state index in [1.807, 2.05) is 11.4 Å². The van der Waals surface area contributed by atoms with Gasteiger partial charge in [0.25, 0.3) is 0 Å². The van der Waals surface area contributed by atoms with Gasteiger partial charge in [0, 0.05) is 27.6 Å². The summed E-state index contributed by atoms with van der Waals surface area (Å²) in [5, 5.41) is 2.02. The fraction of sp³-hybridized carbons (Fsp3) is 0.545. The zero-order valence-electron chi connectivity index (χ0n) is 8.55. The molecule has 1 heterocycles. The number of carbonyl (C=O) groups excluding carboxylic acids is 1. The minimum Gasteiger partial charge on any atom is -0.299 e. The zero-order valence-corrected chi connectivity index (χ0v) is 11.0. The van der Waals surface area contributed by atoms with Gasteiger partial charge in [0.2, 0.25) is 0 Å². The summed E-state index contributed by atoms with van der Waals surface area (Å²) in [5.41, 5.74) is 0. The van der Waals surface area contributed by atoms with Crippen LogP contribution in [0, 0.1) is 5.92 Å². The summed E-state index contributed by atoms with van der Waals surface area (Å²) in [5.74, 6) is 0.974. The average molecular weight is 275 g/mol. The third-order valence-electron chi connectivity index (χ3n) is 1.99. The van der Waals surface area contributed by atoms with E-state index in [1.165, 1.54) is 0 Å². The minimum absolute atomic E-state index is 0.355. The van der Waals surface area contributed by atoms with E-state index in [0.29, 0.717) is 24.5 Å². The van der Waals surface area contributed by atoms with Crippen molar-refractivity contribution in [2.75, 3.05) is 0 Å². The topological polar surface area (TPSA) is 17.1 Å². The van der Waals surface area contributed by atoms with Crippen LogP contribution in [0.4, 0.5) is 0 Å². The van der Waals surface area contributed by atoms with Crippen molar-refractivity contribution in [3.05, 3.63) is 20.8 Å². The first-order chi connectivity index (χ1) is 6.58. The van der Waals surface area contributed by atoms with Crippen LogP contribution in [0.5, 0.6) is 0 Å². The Bertz CT molecular complexity index is 304. The fourth-order valence-corrected chi connectivity index (χ4v) is 2.66. The van der Waals surface area contributed by atoms with Crippen LogP contribution >= 0.6 is 27.3 Å². The second kappa shape index (κ2) is 5.66. The molecule has 0 saturated heterocycles. The van der Waals surface area contributed by atoms with Gasteiger partial charge >= 0.3 is 0 Å². The molecular weight excluding hydrogens is 260 g/mol. The van der Waals surface area contributed by atoms with Crippen LogP contribution in [-0.2, 0) is 11.2 Å². The number of thiophene rings is 1. The molecule has 0 radical (unpaired) electrons. The Balaban J connectivity index is 2.34. The molecular formula is C11H15BrOS. The molecule has 0 aliphatic rings. The Morgan fingerprint density at radius 3 is 2.79 bits per heavy atom. The van der Waals surface area contributed by atoms with Crippen LogP contribution in [-0.4, -0.2) is 5.78 Å². The summed E-state index contributed by atoms with van der Waals surface area (Å²) in [4.78, 5) is 12.7. The molecule has 0 amide bonds. The molecule has 0 atom stereocenters. The Labute approximate surface area is 97.7 Å². The third kappa shape index (κ3) is 4.38. The first-order valence-electron chi connectivity index (χ1n) is 4.82. The van der Waals surface area contributed by atoms with Crippen molar-refractivity contribution < 1.29 is 4.79 Å². The number of ketones is 1. The summed E-state index contributed by atoms with van der Waals surface area (Å²) in [6, 6.07) is 2.03. The highest BCUT2D eigenvalue weighted by molar-refractivity contribution is 9.10. The summed E-state index contributed by atoms with van der Waals surface area (Å²) < 4.78 is 1.08. The van der Waals surface area contributed by atoms with Gasteiger partial charge in [-0.3, -0.25) is 4.79 Å². The standard InChI is InChI=1S/C11H15BrOS/c1-8(2)3-4-10(13)6-11-5-9(12)7-14-11/h5,7-8H,3-4,6H2,1-2H3. The van der Waals surface area contributed by atoms with Gasteiger partial charge in [0.15, 0.2) is 0 Å². The quantitative estimate of drug-likeness (QED) is 0.792. The maximum Gasteiger partial charge on any atom is 0.138 e. The number of Topliss-reactive ketones (excluding diaryl/α,β-unsaturated/α-hetero) is 1. The van der Waals surface area contributed by atoms with Gasteiger partial charge in [-0.2, -0.15) is 0 Å². The number of halogens is 1. The molecule has 0 saturated carbocycles. The molecule has 78 valence electrons. The van der Waals surface area contributed by atoms with Crippen molar-refractivity contribution in [2.45, 2.75) is 33.1 Å². The number of hydrogen-bond acceptors (Lipinski definition) is 2. The van der Waals surface area contributed by atoms with Crippen LogP contribution in [0.2, 0.25) is 0 Å². The predicted molar refractivity (Wildman–Crippen MR) is 64.8 cm³/mol. The maximum absolute atomic E-state index is 11.5. The highest BCUT2D eigenvalue weighted by Crippen LogP contribution is 2.20. The lowest BCUT2D eigenvalue weighted by Gasteiger charge is -2.02. The Hall–Kier alpha value is -0.150. The largest absolute Gasteiger partial charge is 0.299 e. The summed E-state index contributed by atoms with van der Waals surface area (Å²) in [6.45, 7) is 4.30. The average Bonchev–Trinajstić information content (AvgIpc) is 2.48. The zero-order chi connectivity index (χ0) is 10.6. The molecule has 0 spiro atoms. The summed E-state index contributed by atoms with van der Waals surface area (Å²) in [6.07, 6.45) is 2.32. The number of carbonyl (C=O) groups is 1. The van der Waals surface area contributed by atoms with Crippen LogP contribution in [0.25, 0.3) is 0 Å². The van der Waals surface area contributed by atoms with E-state index in [4.69, 9.17) is 0 Å². The minimum atomic E-state index is 0.355. The molecule has 1 rings (SSSR count). The lowest BCUT2D eigenvalue weighted by Crippen LogP contribution is -2.02. The molecule has 0 aliphatic carbocycles. The van der Waals surface area contributed by atoms with E-state index in [0.717, 1.165) is 15.8 Å². The molecule has 3 heteroatoms. The smallest absolute Gasteiger partial charge is 0.138 e. The predicted octanol–water partition coefficient (Wildman–Crippen LogP) is 4.06. The van der Waals surface area contributed by atoms with Crippen molar-refractivity contribution in [1.82, 2.24) is 0 Å². The highest BCUT2D eigenvalue weighted by atomic mass is 79.9. The Kier molecular flexibility index (Phi) is 4.82. The monoisotopic (exact) mass is 274 g/mol. The molecule has 0 aliphatic heterocycles. The third-order valence-corrected chi connectivity index (χ3v) is 3.69. The van der Waals surface area contributed by atoms with E-state index in [2.05, 4.69) is 29.8 Å². The molecule has 0 fully saturated rings.